The van der Waals surface area contributed by atoms with Crippen LogP contribution in [-0.4, -0.2) is 54.6 Å². The Morgan fingerprint density at radius 3 is 2.63 bits per heavy atom. The number of phenols is 1. The van der Waals surface area contributed by atoms with Crippen LogP contribution < -0.4 is 15.4 Å². The number of aromatic hydroxyl groups is 1. The molecule has 1 aliphatic carbocycles. The summed E-state index contributed by atoms with van der Waals surface area (Å²) in [5.74, 6) is -0.907. The Morgan fingerprint density at radius 2 is 2.03 bits per heavy atom. The van der Waals surface area contributed by atoms with Crippen molar-refractivity contribution >= 4 is 17.6 Å². The molecule has 30 heavy (non-hydrogen) atoms. The average Bonchev–Trinajstić information content (AvgIpc) is 3.28. The number of hydrogen-bond donors (Lipinski definition) is 3. The maximum Gasteiger partial charge on any atom is 0.252 e. The van der Waals surface area contributed by atoms with Crippen LogP contribution in [0.2, 0.25) is 0 Å². The van der Waals surface area contributed by atoms with E-state index in [9.17, 15) is 19.5 Å². The molecule has 3 N–H and O–H groups in total. The number of hydrogen-bond acceptors (Lipinski definition) is 6. The average molecular weight is 418 g/mol. The van der Waals surface area contributed by atoms with Crippen LogP contribution >= 0.6 is 0 Å². The van der Waals surface area contributed by atoms with Crippen molar-refractivity contribution in [3.05, 3.63) is 23.8 Å². The first kappa shape index (κ1) is 22.1. The van der Waals surface area contributed by atoms with Crippen molar-refractivity contribution in [2.24, 2.45) is 5.41 Å². The van der Waals surface area contributed by atoms with E-state index in [1.165, 1.54) is 25.3 Å². The molecule has 8 nitrogen and oxygen atoms in total. The second-order valence-corrected chi connectivity index (χ2v) is 8.60. The van der Waals surface area contributed by atoms with Gasteiger partial charge in [0, 0.05) is 5.56 Å². The second-order valence-electron chi connectivity index (χ2n) is 8.60. The van der Waals surface area contributed by atoms with Crippen LogP contribution in [0.4, 0.5) is 0 Å². The lowest BCUT2D eigenvalue weighted by Gasteiger charge is -2.30. The fourth-order valence-corrected chi connectivity index (χ4v) is 4.31. The number of phenolic OH excluding ortho intramolecular Hbond substituents is 1. The third-order valence-corrected chi connectivity index (χ3v) is 6.17. The molecule has 2 amide bonds. The van der Waals surface area contributed by atoms with Crippen molar-refractivity contribution in [3.63, 3.8) is 0 Å². The lowest BCUT2D eigenvalue weighted by Crippen LogP contribution is -2.54. The molecule has 8 heteroatoms. The smallest absolute Gasteiger partial charge is 0.252 e. The van der Waals surface area contributed by atoms with E-state index >= 15 is 0 Å². The molecule has 0 unspecified atom stereocenters. The highest BCUT2D eigenvalue weighted by Gasteiger charge is 2.39. The van der Waals surface area contributed by atoms with Gasteiger partial charge in [-0.15, -0.1) is 0 Å². The lowest BCUT2D eigenvalue weighted by molar-refractivity contribution is -0.128. The zero-order valence-electron chi connectivity index (χ0n) is 17.7. The molecule has 0 aromatic heterocycles. The van der Waals surface area contributed by atoms with Crippen molar-refractivity contribution in [1.29, 1.82) is 0 Å². The quantitative estimate of drug-likeness (QED) is 0.624. The van der Waals surface area contributed by atoms with E-state index in [-0.39, 0.29) is 34.9 Å². The summed E-state index contributed by atoms with van der Waals surface area (Å²) in [5, 5.41) is 15.3. The Labute approximate surface area is 176 Å². The Kier molecular flexibility index (Phi) is 6.65. The number of methoxy groups -OCH3 is 1. The predicted octanol–water partition coefficient (Wildman–Crippen LogP) is 1.94. The molecule has 1 aromatic rings. The number of carbonyl (C=O) groups is 3. The van der Waals surface area contributed by atoms with Gasteiger partial charge in [0.2, 0.25) is 5.91 Å². The summed E-state index contributed by atoms with van der Waals surface area (Å²) in [7, 11) is 1.40. The Balaban J connectivity index is 1.77. The molecule has 3 atom stereocenters. The molecule has 0 spiro atoms. The van der Waals surface area contributed by atoms with Gasteiger partial charge in [-0.25, -0.2) is 0 Å². The molecule has 3 rings (SSSR count). The Morgan fingerprint density at radius 1 is 1.33 bits per heavy atom. The monoisotopic (exact) mass is 418 g/mol. The predicted molar refractivity (Wildman–Crippen MR) is 109 cm³/mol. The topological polar surface area (TPSA) is 114 Å². The van der Waals surface area contributed by atoms with E-state index in [1.807, 2.05) is 0 Å². The zero-order chi connectivity index (χ0) is 21.9. The molecule has 1 aromatic carbocycles. The highest BCUT2D eigenvalue weighted by Crippen LogP contribution is 2.41. The number of benzene rings is 1. The largest absolute Gasteiger partial charge is 0.504 e. The second kappa shape index (κ2) is 9.04. The summed E-state index contributed by atoms with van der Waals surface area (Å²) < 4.78 is 10.4. The van der Waals surface area contributed by atoms with Crippen LogP contribution in [-0.2, 0) is 14.3 Å². The van der Waals surface area contributed by atoms with E-state index in [2.05, 4.69) is 17.6 Å². The number of nitrogens with one attached hydrogen (secondary N) is 2. The van der Waals surface area contributed by atoms with Gasteiger partial charge >= 0.3 is 0 Å². The third-order valence-electron chi connectivity index (χ3n) is 6.17. The molecule has 1 saturated carbocycles. The zero-order valence-corrected chi connectivity index (χ0v) is 17.7. The van der Waals surface area contributed by atoms with E-state index in [1.54, 1.807) is 6.92 Å². The van der Waals surface area contributed by atoms with Crippen LogP contribution in [0.1, 0.15) is 56.3 Å². The molecule has 0 radical (unpaired) electrons. The third kappa shape index (κ3) is 4.92. The van der Waals surface area contributed by atoms with Gasteiger partial charge in [0.1, 0.15) is 18.7 Å². The van der Waals surface area contributed by atoms with Gasteiger partial charge in [0.25, 0.3) is 5.91 Å². The van der Waals surface area contributed by atoms with Gasteiger partial charge in [0.15, 0.2) is 17.3 Å². The van der Waals surface area contributed by atoms with Crippen molar-refractivity contribution in [3.8, 4) is 11.5 Å². The van der Waals surface area contributed by atoms with Gasteiger partial charge in [-0.1, -0.05) is 19.8 Å². The number of amides is 2. The van der Waals surface area contributed by atoms with Crippen LogP contribution in [0.15, 0.2) is 18.2 Å². The molecule has 1 heterocycles. The summed E-state index contributed by atoms with van der Waals surface area (Å²) in [6.45, 7) is 3.85. The van der Waals surface area contributed by atoms with E-state index in [0.717, 1.165) is 25.7 Å². The molecule has 2 aliphatic rings. The van der Waals surface area contributed by atoms with Gasteiger partial charge < -0.3 is 25.2 Å². The molecule has 2 fully saturated rings. The molecule has 1 saturated heterocycles. The molecule has 0 bridgehead atoms. The summed E-state index contributed by atoms with van der Waals surface area (Å²) in [6, 6.07) is 2.77. The minimum atomic E-state index is -0.791. The van der Waals surface area contributed by atoms with Crippen molar-refractivity contribution in [2.75, 3.05) is 13.7 Å². The molecule has 1 aliphatic heterocycles. The standard InChI is InChI=1S/C22H30N2O6/c1-13-19(17(26)12-30-13)24-21(28)15(11-22(2)8-4-5-9-22)23-20(27)14-6-7-16(25)18(10-14)29-3/h6-7,10,13,15,19,25H,4-5,8-9,11-12H2,1-3H3,(H,23,27)(H,24,28)/t13-,15-,19-/m0/s1. The van der Waals surface area contributed by atoms with Gasteiger partial charge in [0.05, 0.1) is 13.2 Å². The van der Waals surface area contributed by atoms with Crippen molar-refractivity contribution in [1.82, 2.24) is 10.6 Å². The summed E-state index contributed by atoms with van der Waals surface area (Å²) in [6.07, 6.45) is 4.25. The maximum atomic E-state index is 13.1. The first-order valence-electron chi connectivity index (χ1n) is 10.3. The summed E-state index contributed by atoms with van der Waals surface area (Å²) >= 11 is 0. The van der Waals surface area contributed by atoms with Crippen molar-refractivity contribution in [2.45, 2.75) is 64.1 Å². The molecular formula is C22H30N2O6. The van der Waals surface area contributed by atoms with E-state index < -0.39 is 30.0 Å². The van der Waals surface area contributed by atoms with E-state index in [4.69, 9.17) is 9.47 Å². The van der Waals surface area contributed by atoms with Crippen LogP contribution in [0, 0.1) is 5.41 Å². The summed E-state index contributed by atoms with van der Waals surface area (Å²) in [5.41, 5.74) is 0.219. The molecule has 164 valence electrons. The van der Waals surface area contributed by atoms with Gasteiger partial charge in [-0.3, -0.25) is 14.4 Å². The number of carbonyl (C=O) groups excluding carboxylic acids is 3. The highest BCUT2D eigenvalue weighted by atomic mass is 16.5. The fraction of sp³-hybridized carbons (Fsp3) is 0.591. The number of rotatable bonds is 7. The van der Waals surface area contributed by atoms with Gasteiger partial charge in [-0.2, -0.15) is 0 Å². The number of ketones is 1. The Hall–Kier alpha value is -2.61. The first-order chi connectivity index (χ1) is 14.2. The van der Waals surface area contributed by atoms with Crippen molar-refractivity contribution < 1.29 is 29.0 Å². The van der Waals surface area contributed by atoms with Crippen LogP contribution in [0.3, 0.4) is 0 Å². The van der Waals surface area contributed by atoms with Gasteiger partial charge in [-0.05, 0) is 49.8 Å². The maximum absolute atomic E-state index is 13.1. The first-order valence-corrected chi connectivity index (χ1v) is 10.3. The number of ether oxygens (including phenoxy) is 2. The SMILES string of the molecule is COc1cc(C(=O)N[C@@H](CC2(C)CCCC2)C(=O)N[C@@H]2C(=O)CO[C@H]2C)ccc1O. The normalized spacial score (nSPS) is 23.8. The van der Waals surface area contributed by atoms with E-state index in [0.29, 0.717) is 6.42 Å². The van der Waals surface area contributed by atoms with Crippen LogP contribution in [0.5, 0.6) is 11.5 Å². The minimum absolute atomic E-state index is 0.0197. The number of Topliss-reactive ketones (excluding diaryl/α,β-unsaturated/α-hetero) is 1. The Bertz CT molecular complexity index is 818. The minimum Gasteiger partial charge on any atom is -0.504 e. The molecular weight excluding hydrogens is 388 g/mol. The van der Waals surface area contributed by atoms with Crippen LogP contribution in [0.25, 0.3) is 0 Å². The lowest BCUT2D eigenvalue weighted by atomic mass is 9.81. The highest BCUT2D eigenvalue weighted by molar-refractivity contribution is 5.99. The summed E-state index contributed by atoms with van der Waals surface area (Å²) in [4.78, 5) is 38.0. The fourth-order valence-electron chi connectivity index (χ4n) is 4.31.